The van der Waals surface area contributed by atoms with Crippen molar-refractivity contribution in [2.45, 2.75) is 37.9 Å². The smallest absolute Gasteiger partial charge is 0.349 e. The largest absolute Gasteiger partial charge is 0.480 e. The molecule has 9 heteroatoms. The van der Waals surface area contributed by atoms with E-state index in [2.05, 4.69) is 0 Å². The number of aliphatic hydroxyl groups excluding tert-OH is 1. The van der Waals surface area contributed by atoms with Crippen LogP contribution in [0.4, 0.5) is 17.6 Å². The van der Waals surface area contributed by atoms with E-state index in [0.29, 0.717) is 12.8 Å². The lowest BCUT2D eigenvalue weighted by Crippen LogP contribution is -2.43. The molecule has 1 aromatic carbocycles. The zero-order chi connectivity index (χ0) is 18.4. The fourth-order valence-corrected chi connectivity index (χ4v) is 3.01. The molecule has 3 rings (SSSR count). The number of esters is 1. The topological polar surface area (TPSA) is 79.6 Å². The third kappa shape index (κ3) is 2.58. The van der Waals surface area contributed by atoms with Gasteiger partial charge in [-0.05, 0) is 12.8 Å². The number of ether oxygens (including phenoxy) is 2. The summed E-state index contributed by atoms with van der Waals surface area (Å²) in [7, 11) is 0. The zero-order valence-corrected chi connectivity index (χ0v) is 12.7. The van der Waals surface area contributed by atoms with Crippen molar-refractivity contribution in [3.63, 3.8) is 0 Å². The number of carbonyl (C=O) groups is 1. The maximum absolute atomic E-state index is 14.1. The molecular weight excluding hydrogens is 346 g/mol. The molecule has 1 aromatic rings. The van der Waals surface area contributed by atoms with E-state index >= 15 is 0 Å². The van der Waals surface area contributed by atoms with Gasteiger partial charge >= 0.3 is 5.97 Å². The first kappa shape index (κ1) is 17.1. The van der Waals surface area contributed by atoms with Gasteiger partial charge in [-0.25, -0.2) is 22.4 Å². The Morgan fingerprint density at radius 3 is 2.00 bits per heavy atom. The second-order valence-electron chi connectivity index (χ2n) is 5.76. The van der Waals surface area contributed by atoms with Crippen molar-refractivity contribution in [1.82, 2.24) is 0 Å². The van der Waals surface area contributed by atoms with E-state index in [0.717, 1.165) is 12.5 Å². The Kier molecular flexibility index (Phi) is 4.06. The SMILES string of the molecule is N#Cc1c(F)c(F)c(C2=C(O)OC3(CCCCC3)OC2=O)c(F)c1F. The van der Waals surface area contributed by atoms with Crippen molar-refractivity contribution in [3.05, 3.63) is 40.3 Å². The van der Waals surface area contributed by atoms with E-state index < -0.39 is 57.7 Å². The molecule has 0 unspecified atom stereocenters. The molecule has 0 radical (unpaired) electrons. The normalized spacial score (nSPS) is 19.4. The number of carbonyl (C=O) groups excluding carboxylic acids is 1. The molecule has 1 heterocycles. The summed E-state index contributed by atoms with van der Waals surface area (Å²) in [6, 6.07) is 0.988. The van der Waals surface area contributed by atoms with Crippen LogP contribution >= 0.6 is 0 Å². The summed E-state index contributed by atoms with van der Waals surface area (Å²) in [5, 5.41) is 18.6. The second kappa shape index (κ2) is 5.95. The van der Waals surface area contributed by atoms with Crippen LogP contribution in [0.25, 0.3) is 5.57 Å². The lowest BCUT2D eigenvalue weighted by atomic mass is 9.92. The average Bonchev–Trinajstić information content (AvgIpc) is 2.57. The second-order valence-corrected chi connectivity index (χ2v) is 5.76. The maximum atomic E-state index is 14.1. The molecule has 1 aliphatic heterocycles. The lowest BCUT2D eigenvalue weighted by molar-refractivity contribution is -0.244. The maximum Gasteiger partial charge on any atom is 0.349 e. The van der Waals surface area contributed by atoms with Crippen molar-refractivity contribution in [2.24, 2.45) is 0 Å². The minimum absolute atomic E-state index is 0.261. The van der Waals surface area contributed by atoms with E-state index in [-0.39, 0.29) is 12.8 Å². The third-order valence-electron chi connectivity index (χ3n) is 4.22. The van der Waals surface area contributed by atoms with Gasteiger partial charge in [-0.15, -0.1) is 0 Å². The molecule has 0 bridgehead atoms. The van der Waals surface area contributed by atoms with Gasteiger partial charge in [0.2, 0.25) is 0 Å². The molecule has 1 aliphatic carbocycles. The van der Waals surface area contributed by atoms with Crippen LogP contribution in [-0.4, -0.2) is 16.9 Å². The van der Waals surface area contributed by atoms with Gasteiger partial charge < -0.3 is 14.6 Å². The molecule has 1 fully saturated rings. The molecular formula is C16H11F4NO4. The predicted octanol–water partition coefficient (Wildman–Crippen LogP) is 3.58. The van der Waals surface area contributed by atoms with Crippen molar-refractivity contribution in [3.8, 4) is 6.07 Å². The average molecular weight is 357 g/mol. The molecule has 1 N–H and O–H groups in total. The highest BCUT2D eigenvalue weighted by atomic mass is 19.2. The van der Waals surface area contributed by atoms with Crippen molar-refractivity contribution < 1.29 is 36.9 Å². The Bertz CT molecular complexity index is 809. The van der Waals surface area contributed by atoms with Gasteiger partial charge in [0, 0.05) is 12.8 Å². The van der Waals surface area contributed by atoms with Crippen LogP contribution in [-0.2, 0) is 14.3 Å². The molecule has 0 atom stereocenters. The molecule has 0 aromatic heterocycles. The van der Waals surface area contributed by atoms with Gasteiger partial charge in [0.1, 0.15) is 11.6 Å². The van der Waals surface area contributed by atoms with Crippen LogP contribution in [0, 0.1) is 34.6 Å². The summed E-state index contributed by atoms with van der Waals surface area (Å²) in [4.78, 5) is 12.2. The highest BCUT2D eigenvalue weighted by Crippen LogP contribution is 2.42. The van der Waals surface area contributed by atoms with Crippen LogP contribution < -0.4 is 0 Å². The fraction of sp³-hybridized carbons (Fsp3) is 0.375. The summed E-state index contributed by atoms with van der Waals surface area (Å²) in [5.41, 5.74) is -4.14. The quantitative estimate of drug-likeness (QED) is 0.472. The Hall–Kier alpha value is -2.76. The highest BCUT2D eigenvalue weighted by molar-refractivity contribution is 6.17. The number of nitriles is 1. The molecule has 1 spiro atoms. The standard InChI is InChI=1S/C16H11F4NO4/c17-10-7(6-21)11(18)13(20)8(12(10)19)9-14(22)24-16(25-15(9)23)4-2-1-3-5-16/h22H,1-5H2. The van der Waals surface area contributed by atoms with E-state index in [4.69, 9.17) is 14.7 Å². The third-order valence-corrected chi connectivity index (χ3v) is 4.22. The number of hydrogen-bond acceptors (Lipinski definition) is 5. The van der Waals surface area contributed by atoms with Gasteiger partial charge in [-0.1, -0.05) is 6.42 Å². The Morgan fingerprint density at radius 2 is 1.52 bits per heavy atom. The molecule has 2 aliphatic rings. The van der Waals surface area contributed by atoms with Crippen LogP contribution in [0.3, 0.4) is 0 Å². The van der Waals surface area contributed by atoms with E-state index in [1.54, 1.807) is 0 Å². The van der Waals surface area contributed by atoms with Crippen molar-refractivity contribution >= 4 is 11.5 Å². The first-order valence-corrected chi connectivity index (χ1v) is 7.43. The van der Waals surface area contributed by atoms with Crippen molar-refractivity contribution in [2.75, 3.05) is 0 Å². The Morgan fingerprint density at radius 1 is 0.960 bits per heavy atom. The number of benzene rings is 1. The molecule has 5 nitrogen and oxygen atoms in total. The summed E-state index contributed by atoms with van der Waals surface area (Å²) in [6.45, 7) is 0. The summed E-state index contributed by atoms with van der Waals surface area (Å²) in [5.74, 6) is -12.0. The Balaban J connectivity index is 2.15. The van der Waals surface area contributed by atoms with Crippen LogP contribution in [0.2, 0.25) is 0 Å². The number of nitrogens with zero attached hydrogens (tertiary/aromatic N) is 1. The van der Waals surface area contributed by atoms with Gasteiger partial charge in [-0.3, -0.25) is 0 Å². The predicted molar refractivity (Wildman–Crippen MR) is 73.5 cm³/mol. The van der Waals surface area contributed by atoms with Gasteiger partial charge in [0.05, 0.1) is 5.56 Å². The van der Waals surface area contributed by atoms with E-state index in [9.17, 15) is 27.5 Å². The number of hydrogen-bond donors (Lipinski definition) is 1. The van der Waals surface area contributed by atoms with Gasteiger partial charge in [0.25, 0.3) is 11.7 Å². The van der Waals surface area contributed by atoms with Crippen LogP contribution in [0.15, 0.2) is 5.95 Å². The van der Waals surface area contributed by atoms with Gasteiger partial charge in [0.15, 0.2) is 28.8 Å². The van der Waals surface area contributed by atoms with Crippen LogP contribution in [0.1, 0.15) is 43.2 Å². The minimum Gasteiger partial charge on any atom is -0.480 e. The summed E-state index contributed by atoms with van der Waals surface area (Å²) < 4.78 is 66.0. The highest BCUT2D eigenvalue weighted by Gasteiger charge is 2.47. The van der Waals surface area contributed by atoms with E-state index in [1.807, 2.05) is 0 Å². The van der Waals surface area contributed by atoms with Gasteiger partial charge in [-0.2, -0.15) is 5.26 Å². The number of aliphatic hydroxyl groups is 1. The monoisotopic (exact) mass is 357 g/mol. The number of halogens is 4. The first-order chi connectivity index (χ1) is 11.8. The zero-order valence-electron chi connectivity index (χ0n) is 12.7. The molecule has 132 valence electrons. The fourth-order valence-electron chi connectivity index (χ4n) is 3.01. The summed E-state index contributed by atoms with van der Waals surface area (Å²) >= 11 is 0. The number of rotatable bonds is 1. The summed E-state index contributed by atoms with van der Waals surface area (Å²) in [6.07, 6.45) is 2.65. The van der Waals surface area contributed by atoms with Crippen molar-refractivity contribution in [1.29, 1.82) is 5.26 Å². The molecule has 0 amide bonds. The Labute approximate surface area is 139 Å². The lowest BCUT2D eigenvalue weighted by Gasteiger charge is -2.39. The molecule has 0 saturated heterocycles. The molecule has 25 heavy (non-hydrogen) atoms. The van der Waals surface area contributed by atoms with E-state index in [1.165, 1.54) is 0 Å². The molecule has 1 saturated carbocycles. The first-order valence-electron chi connectivity index (χ1n) is 7.43. The minimum atomic E-state index is -2.00. The van der Waals surface area contributed by atoms with Crippen LogP contribution in [0.5, 0.6) is 0 Å².